The van der Waals surface area contributed by atoms with E-state index in [0.29, 0.717) is 0 Å². The summed E-state index contributed by atoms with van der Waals surface area (Å²) in [6.07, 6.45) is -2.66. The fourth-order valence-corrected chi connectivity index (χ4v) is 1.71. The van der Waals surface area contributed by atoms with Crippen LogP contribution in [0.5, 0.6) is 0 Å². The molecule has 0 spiro atoms. The summed E-state index contributed by atoms with van der Waals surface area (Å²) in [5.74, 6) is -1.00. The van der Waals surface area contributed by atoms with Crippen LogP contribution in [0, 0.1) is 0 Å². The molecular weight excluding hydrogens is 228 g/mol. The van der Waals surface area contributed by atoms with E-state index >= 15 is 0 Å². The predicted molar refractivity (Wildman–Crippen MR) is 60.1 cm³/mol. The zero-order valence-electron chi connectivity index (χ0n) is 9.51. The largest absolute Gasteiger partial charge is 0.481 e. The summed E-state index contributed by atoms with van der Waals surface area (Å²) in [5.41, 5.74) is 0.734. The van der Waals surface area contributed by atoms with Crippen LogP contribution >= 0.6 is 0 Å². The highest BCUT2D eigenvalue weighted by molar-refractivity contribution is 5.67. The van der Waals surface area contributed by atoms with Crippen molar-refractivity contribution in [1.82, 2.24) is 4.90 Å². The van der Waals surface area contributed by atoms with Gasteiger partial charge >= 0.3 is 5.97 Å². The Hall–Kier alpha value is -1.49. The molecule has 1 aromatic carbocycles. The third-order valence-corrected chi connectivity index (χ3v) is 2.51. The number of carboxylic acid groups (broad SMARTS) is 1. The molecule has 0 heterocycles. The van der Waals surface area contributed by atoms with Gasteiger partial charge < -0.3 is 5.11 Å². The van der Waals surface area contributed by atoms with Crippen molar-refractivity contribution >= 4 is 5.97 Å². The van der Waals surface area contributed by atoms with E-state index in [0.717, 1.165) is 5.56 Å². The van der Waals surface area contributed by atoms with Crippen molar-refractivity contribution in [3.05, 3.63) is 35.9 Å². The van der Waals surface area contributed by atoms with Gasteiger partial charge in [0.1, 0.15) is 0 Å². The molecule has 0 bridgehead atoms. The van der Waals surface area contributed by atoms with Gasteiger partial charge in [-0.25, -0.2) is 8.78 Å². The molecule has 1 rings (SSSR count). The molecule has 0 amide bonds. The Morgan fingerprint density at radius 1 is 1.35 bits per heavy atom. The lowest BCUT2D eigenvalue weighted by Crippen LogP contribution is -2.30. The Kier molecular flexibility index (Phi) is 5.03. The summed E-state index contributed by atoms with van der Waals surface area (Å²) < 4.78 is 24.6. The van der Waals surface area contributed by atoms with E-state index in [9.17, 15) is 13.6 Å². The lowest BCUT2D eigenvalue weighted by molar-refractivity contribution is -0.138. The van der Waals surface area contributed by atoms with Crippen LogP contribution in [0.25, 0.3) is 0 Å². The minimum atomic E-state index is -2.47. The maximum Gasteiger partial charge on any atom is 0.305 e. The van der Waals surface area contributed by atoms with E-state index in [4.69, 9.17) is 5.11 Å². The minimum absolute atomic E-state index is 0.187. The number of alkyl halides is 2. The highest BCUT2D eigenvalue weighted by atomic mass is 19.3. The van der Waals surface area contributed by atoms with Crippen LogP contribution in [0.3, 0.4) is 0 Å². The lowest BCUT2D eigenvalue weighted by atomic mass is 10.0. The molecule has 0 aliphatic heterocycles. The van der Waals surface area contributed by atoms with Crippen molar-refractivity contribution < 1.29 is 18.7 Å². The average Bonchev–Trinajstić information content (AvgIpc) is 2.25. The summed E-state index contributed by atoms with van der Waals surface area (Å²) in [6, 6.07) is 8.29. The first-order valence-corrected chi connectivity index (χ1v) is 5.26. The smallest absolute Gasteiger partial charge is 0.305 e. The molecule has 3 nitrogen and oxygen atoms in total. The first kappa shape index (κ1) is 13.6. The van der Waals surface area contributed by atoms with Gasteiger partial charge in [0, 0.05) is 6.04 Å². The fraction of sp³-hybridized carbons (Fsp3) is 0.417. The standard InChI is InChI=1S/C12H15F2NO2/c1-15(8-11(13)14)10(7-12(16)17)9-5-3-2-4-6-9/h2-6,10-11H,7-8H2,1H3,(H,16,17). The molecule has 5 heteroatoms. The van der Waals surface area contributed by atoms with Gasteiger partial charge in [-0.05, 0) is 12.6 Å². The molecule has 0 fully saturated rings. The van der Waals surface area contributed by atoms with Crippen molar-refractivity contribution in [2.75, 3.05) is 13.6 Å². The van der Waals surface area contributed by atoms with E-state index in [-0.39, 0.29) is 6.42 Å². The maximum atomic E-state index is 12.3. The fourth-order valence-electron chi connectivity index (χ4n) is 1.71. The number of aliphatic carboxylic acids is 1. The number of carboxylic acids is 1. The second-order valence-electron chi connectivity index (χ2n) is 3.86. The van der Waals surface area contributed by atoms with Crippen molar-refractivity contribution in [2.45, 2.75) is 18.9 Å². The topological polar surface area (TPSA) is 40.5 Å². The van der Waals surface area contributed by atoms with E-state index in [1.54, 1.807) is 30.3 Å². The van der Waals surface area contributed by atoms with Gasteiger partial charge in [-0.2, -0.15) is 0 Å². The Bertz CT molecular complexity index is 357. The van der Waals surface area contributed by atoms with Crippen LogP contribution in [0.1, 0.15) is 18.0 Å². The molecule has 94 valence electrons. The second-order valence-corrected chi connectivity index (χ2v) is 3.86. The number of nitrogens with zero attached hydrogens (tertiary/aromatic N) is 1. The van der Waals surface area contributed by atoms with Crippen molar-refractivity contribution in [3.63, 3.8) is 0 Å². The summed E-state index contributed by atoms with van der Waals surface area (Å²) in [5, 5.41) is 8.81. The molecule has 1 atom stereocenters. The van der Waals surface area contributed by atoms with E-state index in [2.05, 4.69) is 0 Å². The number of hydrogen-bond acceptors (Lipinski definition) is 2. The molecule has 0 aliphatic carbocycles. The second kappa shape index (κ2) is 6.30. The number of rotatable bonds is 6. The first-order chi connectivity index (χ1) is 8.00. The summed E-state index contributed by atoms with van der Waals surface area (Å²) in [6.45, 7) is -0.438. The Morgan fingerprint density at radius 3 is 2.41 bits per heavy atom. The number of carbonyl (C=O) groups is 1. The quantitative estimate of drug-likeness (QED) is 0.834. The summed E-state index contributed by atoms with van der Waals surface area (Å²) >= 11 is 0. The zero-order chi connectivity index (χ0) is 12.8. The molecule has 0 saturated carbocycles. The molecule has 0 radical (unpaired) electrons. The van der Waals surface area contributed by atoms with Crippen LogP contribution in [-0.4, -0.2) is 36.0 Å². The molecule has 1 N–H and O–H groups in total. The minimum Gasteiger partial charge on any atom is -0.481 e. The van der Waals surface area contributed by atoms with E-state index < -0.39 is 25.0 Å². The number of halogens is 2. The van der Waals surface area contributed by atoms with Crippen molar-refractivity contribution in [1.29, 1.82) is 0 Å². The predicted octanol–water partition coefficient (Wildman–Crippen LogP) is 2.40. The highest BCUT2D eigenvalue weighted by Crippen LogP contribution is 2.23. The van der Waals surface area contributed by atoms with Crippen molar-refractivity contribution in [2.24, 2.45) is 0 Å². The average molecular weight is 243 g/mol. The summed E-state index contributed by atoms with van der Waals surface area (Å²) in [4.78, 5) is 12.1. The normalized spacial score (nSPS) is 13.0. The summed E-state index contributed by atoms with van der Waals surface area (Å²) in [7, 11) is 1.51. The van der Waals surface area contributed by atoms with Gasteiger partial charge in [-0.3, -0.25) is 9.69 Å². The van der Waals surface area contributed by atoms with Gasteiger partial charge in [-0.15, -0.1) is 0 Å². The molecular formula is C12H15F2NO2. The third kappa shape index (κ3) is 4.48. The van der Waals surface area contributed by atoms with Crippen molar-refractivity contribution in [3.8, 4) is 0 Å². The first-order valence-electron chi connectivity index (χ1n) is 5.26. The van der Waals surface area contributed by atoms with Gasteiger partial charge in [0.25, 0.3) is 6.43 Å². The van der Waals surface area contributed by atoms with Gasteiger partial charge in [0.2, 0.25) is 0 Å². The monoisotopic (exact) mass is 243 g/mol. The Morgan fingerprint density at radius 2 is 1.94 bits per heavy atom. The van der Waals surface area contributed by atoms with Crippen LogP contribution in [0.15, 0.2) is 30.3 Å². The van der Waals surface area contributed by atoms with E-state index in [1.807, 2.05) is 0 Å². The SMILES string of the molecule is CN(CC(F)F)C(CC(=O)O)c1ccccc1. The van der Waals surface area contributed by atoms with Gasteiger partial charge in [0.15, 0.2) is 0 Å². The zero-order valence-corrected chi connectivity index (χ0v) is 9.51. The molecule has 17 heavy (non-hydrogen) atoms. The highest BCUT2D eigenvalue weighted by Gasteiger charge is 2.22. The third-order valence-electron chi connectivity index (χ3n) is 2.51. The van der Waals surface area contributed by atoms with Crippen LogP contribution in [0.2, 0.25) is 0 Å². The molecule has 1 aromatic rings. The Labute approximate surface area is 98.7 Å². The van der Waals surface area contributed by atoms with Gasteiger partial charge in [-0.1, -0.05) is 30.3 Å². The van der Waals surface area contributed by atoms with E-state index in [1.165, 1.54) is 11.9 Å². The number of hydrogen-bond donors (Lipinski definition) is 1. The van der Waals surface area contributed by atoms with Gasteiger partial charge in [0.05, 0.1) is 13.0 Å². The van der Waals surface area contributed by atoms with Crippen LogP contribution < -0.4 is 0 Å². The maximum absolute atomic E-state index is 12.3. The number of benzene rings is 1. The molecule has 0 aromatic heterocycles. The van der Waals surface area contributed by atoms with Crippen LogP contribution in [0.4, 0.5) is 8.78 Å². The van der Waals surface area contributed by atoms with Crippen LogP contribution in [-0.2, 0) is 4.79 Å². The molecule has 1 unspecified atom stereocenters. The molecule has 0 saturated heterocycles. The Balaban J connectivity index is 2.84. The lowest BCUT2D eigenvalue weighted by Gasteiger charge is -2.26. The molecule has 0 aliphatic rings.